The molecule has 1 heterocycles. The van der Waals surface area contributed by atoms with E-state index in [0.717, 1.165) is 27.6 Å². The summed E-state index contributed by atoms with van der Waals surface area (Å²) < 4.78 is 5.71. The number of aliphatic hydroxyl groups is 1. The van der Waals surface area contributed by atoms with Gasteiger partial charge in [0.1, 0.15) is 17.4 Å². The van der Waals surface area contributed by atoms with Crippen molar-refractivity contribution in [2.24, 2.45) is 0 Å². The summed E-state index contributed by atoms with van der Waals surface area (Å²) in [6.45, 7) is 1.96. The maximum atomic E-state index is 9.34. The summed E-state index contributed by atoms with van der Waals surface area (Å²) in [5, 5.41) is 15.7. The van der Waals surface area contributed by atoms with E-state index in [2.05, 4.69) is 15.7 Å². The van der Waals surface area contributed by atoms with Crippen LogP contribution in [-0.2, 0) is 26.3 Å². The van der Waals surface area contributed by atoms with Crippen molar-refractivity contribution in [2.75, 3.05) is 0 Å². The lowest BCUT2D eigenvalue weighted by molar-refractivity contribution is 0.280. The van der Waals surface area contributed by atoms with E-state index in [-0.39, 0.29) is 6.61 Å². The van der Waals surface area contributed by atoms with Crippen molar-refractivity contribution in [2.45, 2.75) is 26.3 Å². The summed E-state index contributed by atoms with van der Waals surface area (Å²) in [5.41, 5.74) is 3.08. The van der Waals surface area contributed by atoms with Gasteiger partial charge in [0.15, 0.2) is 0 Å². The molecule has 2 N–H and O–H groups in total. The van der Waals surface area contributed by atoms with Crippen molar-refractivity contribution in [3.8, 4) is 5.75 Å². The lowest BCUT2D eigenvalue weighted by atomic mass is 10.1. The van der Waals surface area contributed by atoms with Crippen LogP contribution >= 0.6 is 11.3 Å². The SMILES string of the molecule is OCc1ccccc1CNCc1csc(COc2ccccc2)n1. The molecule has 2 aromatic carbocycles. The van der Waals surface area contributed by atoms with E-state index in [1.807, 2.05) is 54.6 Å². The summed E-state index contributed by atoms with van der Waals surface area (Å²) in [6.07, 6.45) is 0. The summed E-state index contributed by atoms with van der Waals surface area (Å²) in [5.74, 6) is 0.855. The van der Waals surface area contributed by atoms with Crippen molar-refractivity contribution in [1.29, 1.82) is 0 Å². The molecule has 0 aliphatic heterocycles. The van der Waals surface area contributed by atoms with E-state index in [9.17, 15) is 5.11 Å². The number of nitrogens with zero attached hydrogens (tertiary/aromatic N) is 1. The highest BCUT2D eigenvalue weighted by Gasteiger charge is 2.04. The summed E-state index contributed by atoms with van der Waals surface area (Å²) in [6, 6.07) is 17.6. The third kappa shape index (κ3) is 4.64. The Hall–Kier alpha value is -2.21. The van der Waals surface area contributed by atoms with Crippen molar-refractivity contribution in [3.05, 3.63) is 81.8 Å². The quantitative estimate of drug-likeness (QED) is 0.659. The van der Waals surface area contributed by atoms with Crippen LogP contribution < -0.4 is 10.1 Å². The van der Waals surface area contributed by atoms with Crippen molar-refractivity contribution in [3.63, 3.8) is 0 Å². The molecule has 3 rings (SSSR count). The van der Waals surface area contributed by atoms with Gasteiger partial charge >= 0.3 is 0 Å². The second-order valence-electron chi connectivity index (χ2n) is 5.36. The zero-order valence-electron chi connectivity index (χ0n) is 13.3. The molecule has 0 bridgehead atoms. The van der Waals surface area contributed by atoms with Gasteiger partial charge < -0.3 is 15.2 Å². The first-order chi connectivity index (χ1) is 11.8. The maximum Gasteiger partial charge on any atom is 0.140 e. The molecule has 0 aliphatic carbocycles. The van der Waals surface area contributed by atoms with Crippen molar-refractivity contribution >= 4 is 11.3 Å². The van der Waals surface area contributed by atoms with Crippen molar-refractivity contribution in [1.82, 2.24) is 10.3 Å². The molecule has 1 aromatic heterocycles. The highest BCUT2D eigenvalue weighted by atomic mass is 32.1. The zero-order chi connectivity index (χ0) is 16.6. The first-order valence-corrected chi connectivity index (χ1v) is 8.72. The van der Waals surface area contributed by atoms with Crippen LogP contribution in [-0.4, -0.2) is 10.1 Å². The van der Waals surface area contributed by atoms with Gasteiger partial charge in [-0.15, -0.1) is 11.3 Å². The van der Waals surface area contributed by atoms with Gasteiger partial charge in [0, 0.05) is 18.5 Å². The second kappa shape index (κ2) is 8.59. The van der Waals surface area contributed by atoms with Gasteiger partial charge in [-0.2, -0.15) is 0 Å². The number of rotatable bonds is 8. The largest absolute Gasteiger partial charge is 0.486 e. The monoisotopic (exact) mass is 340 g/mol. The number of thiazole rings is 1. The van der Waals surface area contributed by atoms with Gasteiger partial charge in [-0.05, 0) is 23.3 Å². The van der Waals surface area contributed by atoms with E-state index < -0.39 is 0 Å². The topological polar surface area (TPSA) is 54.4 Å². The number of para-hydroxylation sites is 1. The number of ether oxygens (including phenoxy) is 1. The molecular weight excluding hydrogens is 320 g/mol. The minimum atomic E-state index is 0.0650. The fourth-order valence-corrected chi connectivity index (χ4v) is 3.07. The Morgan fingerprint density at radius 1 is 0.958 bits per heavy atom. The molecular formula is C19H20N2O2S. The fraction of sp³-hybridized carbons (Fsp3) is 0.211. The van der Waals surface area contributed by atoms with Crippen LogP contribution in [0.4, 0.5) is 0 Å². The second-order valence-corrected chi connectivity index (χ2v) is 6.31. The molecule has 0 amide bonds. The van der Waals surface area contributed by atoms with Gasteiger partial charge in [-0.25, -0.2) is 4.98 Å². The Balaban J connectivity index is 1.47. The highest BCUT2D eigenvalue weighted by molar-refractivity contribution is 7.09. The minimum Gasteiger partial charge on any atom is -0.486 e. The molecule has 0 spiro atoms. The molecule has 0 saturated carbocycles. The van der Waals surface area contributed by atoms with E-state index in [1.165, 1.54) is 0 Å². The molecule has 24 heavy (non-hydrogen) atoms. The average molecular weight is 340 g/mol. The normalized spacial score (nSPS) is 10.7. The fourth-order valence-electron chi connectivity index (χ4n) is 2.37. The van der Waals surface area contributed by atoms with E-state index in [0.29, 0.717) is 19.7 Å². The van der Waals surface area contributed by atoms with Gasteiger partial charge in [-0.1, -0.05) is 42.5 Å². The van der Waals surface area contributed by atoms with Gasteiger partial charge in [0.05, 0.1) is 12.3 Å². The smallest absolute Gasteiger partial charge is 0.140 e. The zero-order valence-corrected chi connectivity index (χ0v) is 14.1. The van der Waals surface area contributed by atoms with Crippen LogP contribution in [0.1, 0.15) is 21.8 Å². The van der Waals surface area contributed by atoms with Crippen LogP contribution in [0.5, 0.6) is 5.75 Å². The third-order valence-electron chi connectivity index (χ3n) is 3.62. The Kier molecular flexibility index (Phi) is 5.96. The lowest BCUT2D eigenvalue weighted by Crippen LogP contribution is -2.14. The molecule has 3 aromatic rings. The van der Waals surface area contributed by atoms with Crippen LogP contribution in [0, 0.1) is 0 Å². The Morgan fingerprint density at radius 2 is 1.71 bits per heavy atom. The molecule has 5 heteroatoms. The molecule has 4 nitrogen and oxygen atoms in total. The molecule has 0 radical (unpaired) electrons. The van der Waals surface area contributed by atoms with Crippen LogP contribution in [0.2, 0.25) is 0 Å². The summed E-state index contributed by atoms with van der Waals surface area (Å²) in [4.78, 5) is 4.58. The lowest BCUT2D eigenvalue weighted by Gasteiger charge is -2.07. The standard InChI is InChI=1S/C19H20N2O2S/c22-12-16-7-5-4-6-15(16)10-20-11-17-14-24-19(21-17)13-23-18-8-2-1-3-9-18/h1-9,14,20,22H,10-13H2. The summed E-state index contributed by atoms with van der Waals surface area (Å²) >= 11 is 1.61. The number of aromatic nitrogens is 1. The molecule has 0 atom stereocenters. The maximum absolute atomic E-state index is 9.34. The highest BCUT2D eigenvalue weighted by Crippen LogP contribution is 2.15. The minimum absolute atomic E-state index is 0.0650. The summed E-state index contributed by atoms with van der Waals surface area (Å²) in [7, 11) is 0. The average Bonchev–Trinajstić information content (AvgIpc) is 3.09. The number of hydrogen-bond acceptors (Lipinski definition) is 5. The molecule has 0 aliphatic rings. The molecule has 124 valence electrons. The predicted molar refractivity (Wildman–Crippen MR) is 95.8 cm³/mol. The number of benzene rings is 2. The van der Waals surface area contributed by atoms with E-state index >= 15 is 0 Å². The first-order valence-electron chi connectivity index (χ1n) is 7.84. The van der Waals surface area contributed by atoms with Crippen LogP contribution in [0.15, 0.2) is 60.0 Å². The van der Waals surface area contributed by atoms with Gasteiger partial charge in [0.2, 0.25) is 0 Å². The van der Waals surface area contributed by atoms with Gasteiger partial charge in [-0.3, -0.25) is 0 Å². The molecule has 0 unspecified atom stereocenters. The predicted octanol–water partition coefficient (Wildman–Crippen LogP) is 3.50. The molecule has 0 saturated heterocycles. The van der Waals surface area contributed by atoms with E-state index in [4.69, 9.17) is 4.74 Å². The number of nitrogens with one attached hydrogen (secondary N) is 1. The Morgan fingerprint density at radius 3 is 2.50 bits per heavy atom. The van der Waals surface area contributed by atoms with Crippen molar-refractivity contribution < 1.29 is 9.84 Å². The number of aliphatic hydroxyl groups excluding tert-OH is 1. The van der Waals surface area contributed by atoms with E-state index in [1.54, 1.807) is 11.3 Å². The Bertz CT molecular complexity index is 759. The molecule has 0 fully saturated rings. The van der Waals surface area contributed by atoms with Gasteiger partial charge in [0.25, 0.3) is 0 Å². The van der Waals surface area contributed by atoms with Crippen LogP contribution in [0.3, 0.4) is 0 Å². The van der Waals surface area contributed by atoms with Crippen LogP contribution in [0.25, 0.3) is 0 Å². The Labute approximate surface area is 145 Å². The first kappa shape index (κ1) is 16.6. The third-order valence-corrected chi connectivity index (χ3v) is 4.49. The number of hydrogen-bond donors (Lipinski definition) is 2.